The van der Waals surface area contributed by atoms with Gasteiger partial charge in [0.05, 0.1) is 18.0 Å². The van der Waals surface area contributed by atoms with Crippen molar-refractivity contribution in [2.75, 3.05) is 55.9 Å². The number of benzene rings is 2. The molecular weight excluding hydrogens is 504 g/mol. The molecule has 9 nitrogen and oxygen atoms in total. The van der Waals surface area contributed by atoms with Crippen molar-refractivity contribution in [1.29, 1.82) is 0 Å². The van der Waals surface area contributed by atoms with E-state index in [2.05, 4.69) is 25.8 Å². The molecule has 38 heavy (non-hydrogen) atoms. The van der Waals surface area contributed by atoms with Crippen molar-refractivity contribution in [2.45, 2.75) is 19.3 Å². The van der Waals surface area contributed by atoms with Gasteiger partial charge in [-0.25, -0.2) is 0 Å². The Morgan fingerprint density at radius 2 is 1.92 bits per heavy atom. The molecule has 200 valence electrons. The Hall–Kier alpha value is -3.98. The van der Waals surface area contributed by atoms with E-state index < -0.39 is 0 Å². The van der Waals surface area contributed by atoms with Gasteiger partial charge in [-0.05, 0) is 55.3 Å². The van der Waals surface area contributed by atoms with Crippen molar-refractivity contribution in [3.63, 3.8) is 0 Å². The molecule has 4 rings (SSSR count). The van der Waals surface area contributed by atoms with E-state index in [-0.39, 0.29) is 17.5 Å². The van der Waals surface area contributed by atoms with Gasteiger partial charge in [-0.1, -0.05) is 11.6 Å². The summed E-state index contributed by atoms with van der Waals surface area (Å²) in [6, 6.07) is 16.7. The van der Waals surface area contributed by atoms with E-state index in [0.717, 1.165) is 30.0 Å². The highest BCUT2D eigenvalue weighted by molar-refractivity contribution is 6.30. The minimum Gasteiger partial charge on any atom is -0.457 e. The van der Waals surface area contributed by atoms with Crippen LogP contribution < -0.4 is 25.6 Å². The highest BCUT2D eigenvalue weighted by atomic mass is 35.5. The molecule has 0 aliphatic carbocycles. The first-order chi connectivity index (χ1) is 18.4. The number of amides is 2. The van der Waals surface area contributed by atoms with E-state index in [4.69, 9.17) is 16.3 Å². The maximum atomic E-state index is 12.6. The average molecular weight is 537 g/mol. The van der Waals surface area contributed by atoms with Gasteiger partial charge in [0.2, 0.25) is 5.91 Å². The van der Waals surface area contributed by atoms with Crippen LogP contribution in [0.4, 0.5) is 17.1 Å². The summed E-state index contributed by atoms with van der Waals surface area (Å²) in [7, 11) is 3.86. The fourth-order valence-electron chi connectivity index (χ4n) is 4.21. The van der Waals surface area contributed by atoms with Crippen LogP contribution in [0.25, 0.3) is 0 Å². The molecular formula is C28H33ClN6O3. The minimum atomic E-state index is -0.274. The topological polar surface area (TPSA) is 98.8 Å². The van der Waals surface area contributed by atoms with Crippen LogP contribution in [0.5, 0.6) is 11.5 Å². The van der Waals surface area contributed by atoms with Gasteiger partial charge in [0.25, 0.3) is 5.91 Å². The number of nitrogens with one attached hydrogen (secondary N) is 3. The number of ether oxygens (including phenoxy) is 1. The fourth-order valence-corrected chi connectivity index (χ4v) is 4.34. The number of likely N-dealkylation sites (tertiary alicyclic amines) is 1. The summed E-state index contributed by atoms with van der Waals surface area (Å²) in [6.45, 7) is 2.53. The van der Waals surface area contributed by atoms with Gasteiger partial charge in [-0.3, -0.25) is 14.6 Å². The van der Waals surface area contributed by atoms with E-state index in [0.29, 0.717) is 49.1 Å². The van der Waals surface area contributed by atoms with E-state index in [1.165, 1.54) is 0 Å². The second-order valence-corrected chi connectivity index (χ2v) is 9.48. The highest BCUT2D eigenvalue weighted by Gasteiger charge is 2.19. The SMILES string of the molecule is CNc1cc(Oc2ccnc(C(=O)NCCCN3CCCC3=O)c2)ccc1N(C)CNc1ccc(Cl)cc1. The van der Waals surface area contributed by atoms with Crippen LogP contribution in [0.2, 0.25) is 5.02 Å². The monoisotopic (exact) mass is 536 g/mol. The molecule has 10 heteroatoms. The average Bonchev–Trinajstić information content (AvgIpc) is 3.34. The largest absolute Gasteiger partial charge is 0.457 e. The summed E-state index contributed by atoms with van der Waals surface area (Å²) < 4.78 is 6.04. The Morgan fingerprint density at radius 3 is 2.66 bits per heavy atom. The predicted molar refractivity (Wildman–Crippen MR) is 151 cm³/mol. The van der Waals surface area contributed by atoms with E-state index in [1.807, 2.05) is 61.5 Å². The molecule has 2 amide bonds. The minimum absolute atomic E-state index is 0.193. The van der Waals surface area contributed by atoms with Crippen molar-refractivity contribution in [3.8, 4) is 11.5 Å². The molecule has 2 aromatic carbocycles. The van der Waals surface area contributed by atoms with Gasteiger partial charge in [-0.2, -0.15) is 0 Å². The molecule has 2 heterocycles. The molecule has 1 aromatic heterocycles. The summed E-state index contributed by atoms with van der Waals surface area (Å²) in [6.07, 6.45) is 3.80. The number of rotatable bonds is 12. The van der Waals surface area contributed by atoms with Crippen LogP contribution in [0.3, 0.4) is 0 Å². The van der Waals surface area contributed by atoms with E-state index in [9.17, 15) is 9.59 Å². The second kappa shape index (κ2) is 13.0. The molecule has 1 saturated heterocycles. The number of hydrogen-bond donors (Lipinski definition) is 3. The fraction of sp³-hybridized carbons (Fsp3) is 0.321. The number of anilines is 3. The third-order valence-corrected chi connectivity index (χ3v) is 6.53. The summed E-state index contributed by atoms with van der Waals surface area (Å²) >= 11 is 5.96. The van der Waals surface area contributed by atoms with Gasteiger partial charge >= 0.3 is 0 Å². The first kappa shape index (κ1) is 27.1. The Balaban J connectivity index is 1.32. The molecule has 3 N–H and O–H groups in total. The van der Waals surface area contributed by atoms with Gasteiger partial charge < -0.3 is 30.5 Å². The lowest BCUT2D eigenvalue weighted by molar-refractivity contribution is -0.127. The molecule has 1 aliphatic rings. The quantitative estimate of drug-likeness (QED) is 0.225. The third-order valence-electron chi connectivity index (χ3n) is 6.27. The van der Waals surface area contributed by atoms with Gasteiger partial charge in [0, 0.05) is 69.2 Å². The van der Waals surface area contributed by atoms with Crippen molar-refractivity contribution >= 4 is 40.5 Å². The Bertz CT molecular complexity index is 1250. The Morgan fingerprint density at radius 1 is 1.13 bits per heavy atom. The van der Waals surface area contributed by atoms with Crippen LogP contribution in [0.15, 0.2) is 60.8 Å². The van der Waals surface area contributed by atoms with Crippen molar-refractivity contribution in [1.82, 2.24) is 15.2 Å². The Labute approximate surface area is 228 Å². The molecule has 1 fully saturated rings. The molecule has 0 atom stereocenters. The van der Waals surface area contributed by atoms with Gasteiger partial charge in [-0.15, -0.1) is 0 Å². The number of aromatic nitrogens is 1. The van der Waals surface area contributed by atoms with E-state index >= 15 is 0 Å². The number of carbonyl (C=O) groups excluding carboxylic acids is 2. The number of carbonyl (C=O) groups is 2. The van der Waals surface area contributed by atoms with Crippen LogP contribution >= 0.6 is 11.6 Å². The molecule has 0 radical (unpaired) electrons. The molecule has 0 unspecified atom stereocenters. The highest BCUT2D eigenvalue weighted by Crippen LogP contribution is 2.32. The van der Waals surface area contributed by atoms with Gasteiger partial charge in [0.15, 0.2) is 0 Å². The standard InChI is InChI=1S/C28H33ClN6O3/c1-30-24-17-22(10-11-26(24)34(2)19-33-21-8-6-20(29)7-9-21)38-23-12-14-31-25(18-23)28(37)32-13-4-16-35-15-3-5-27(35)36/h6-12,14,17-18,30,33H,3-5,13,15-16,19H2,1-2H3,(H,32,37). The van der Waals surface area contributed by atoms with Crippen LogP contribution in [-0.2, 0) is 4.79 Å². The maximum absolute atomic E-state index is 12.6. The smallest absolute Gasteiger partial charge is 0.270 e. The lowest BCUT2D eigenvalue weighted by Gasteiger charge is -2.24. The zero-order valence-electron chi connectivity index (χ0n) is 21.7. The van der Waals surface area contributed by atoms with Crippen molar-refractivity contribution in [3.05, 3.63) is 71.5 Å². The number of hydrogen-bond acceptors (Lipinski definition) is 7. The summed E-state index contributed by atoms with van der Waals surface area (Å²) in [5.41, 5.74) is 3.14. The van der Waals surface area contributed by atoms with E-state index in [1.54, 1.807) is 18.3 Å². The van der Waals surface area contributed by atoms with Crippen LogP contribution in [0.1, 0.15) is 29.8 Å². The normalized spacial score (nSPS) is 12.8. The van der Waals surface area contributed by atoms with Crippen LogP contribution in [0, 0.1) is 0 Å². The predicted octanol–water partition coefficient (Wildman–Crippen LogP) is 4.82. The molecule has 0 spiro atoms. The molecule has 0 bridgehead atoms. The van der Waals surface area contributed by atoms with Crippen molar-refractivity contribution in [2.24, 2.45) is 0 Å². The molecule has 0 saturated carbocycles. The molecule has 1 aliphatic heterocycles. The third kappa shape index (κ3) is 7.29. The maximum Gasteiger partial charge on any atom is 0.270 e. The lowest BCUT2D eigenvalue weighted by atomic mass is 10.2. The molecule has 3 aromatic rings. The lowest BCUT2D eigenvalue weighted by Crippen LogP contribution is -2.30. The van der Waals surface area contributed by atoms with Crippen molar-refractivity contribution < 1.29 is 14.3 Å². The first-order valence-electron chi connectivity index (χ1n) is 12.6. The number of nitrogens with zero attached hydrogens (tertiary/aromatic N) is 3. The first-order valence-corrected chi connectivity index (χ1v) is 13.0. The summed E-state index contributed by atoms with van der Waals surface area (Å²) in [5.74, 6) is 1.06. The summed E-state index contributed by atoms with van der Waals surface area (Å²) in [4.78, 5) is 32.4. The van der Waals surface area contributed by atoms with Crippen LogP contribution in [-0.4, -0.2) is 62.1 Å². The van der Waals surface area contributed by atoms with Gasteiger partial charge in [0.1, 0.15) is 17.2 Å². The Kier molecular flexibility index (Phi) is 9.26. The zero-order valence-corrected chi connectivity index (χ0v) is 22.4. The number of pyridine rings is 1. The zero-order chi connectivity index (χ0) is 26.9. The number of halogens is 1. The second-order valence-electron chi connectivity index (χ2n) is 9.04. The summed E-state index contributed by atoms with van der Waals surface area (Å²) in [5, 5.41) is 10.2.